The number of nitrogens with one attached hydrogen (secondary N) is 2. The first-order valence-corrected chi connectivity index (χ1v) is 10.7. The minimum atomic E-state index is 0. The SMILES string of the molecule is CCOCCCNC(=NCc1ccc(OC)cc1)NCc1csc(C(C)C)n1.I. The number of thiazole rings is 1. The van der Waals surface area contributed by atoms with Crippen molar-refractivity contribution in [3.8, 4) is 5.75 Å². The van der Waals surface area contributed by atoms with E-state index in [0.29, 0.717) is 19.0 Å². The van der Waals surface area contributed by atoms with E-state index in [0.717, 1.165) is 54.2 Å². The van der Waals surface area contributed by atoms with Gasteiger partial charge in [0.15, 0.2) is 5.96 Å². The van der Waals surface area contributed by atoms with E-state index in [4.69, 9.17) is 14.5 Å². The highest BCUT2D eigenvalue weighted by Gasteiger charge is 2.07. The third kappa shape index (κ3) is 9.77. The molecule has 1 aromatic heterocycles. The second-order valence-corrected chi connectivity index (χ2v) is 7.57. The Morgan fingerprint density at radius 2 is 1.97 bits per heavy atom. The molecule has 0 fully saturated rings. The van der Waals surface area contributed by atoms with Crippen LogP contribution in [-0.2, 0) is 17.8 Å². The lowest BCUT2D eigenvalue weighted by atomic mass is 10.2. The Hall–Kier alpha value is -1.39. The van der Waals surface area contributed by atoms with E-state index in [-0.39, 0.29) is 24.0 Å². The molecular weight excluding hydrogens is 499 g/mol. The van der Waals surface area contributed by atoms with Gasteiger partial charge in [-0.3, -0.25) is 0 Å². The standard InChI is InChI=1S/C21H32N4O2S.HI/c1-5-27-12-6-11-22-21(23-13-17-7-9-19(26-4)10-8-17)24-14-18-15-28-20(25-18)16(2)3;/h7-10,15-16H,5-6,11-14H2,1-4H3,(H2,22,23,24);1H. The van der Waals surface area contributed by atoms with E-state index >= 15 is 0 Å². The number of aliphatic imine (C=N–C) groups is 1. The summed E-state index contributed by atoms with van der Waals surface area (Å²) in [5.74, 6) is 2.09. The van der Waals surface area contributed by atoms with Crippen LogP contribution in [0.4, 0.5) is 0 Å². The van der Waals surface area contributed by atoms with Crippen LogP contribution in [0.25, 0.3) is 0 Å². The molecule has 2 N–H and O–H groups in total. The van der Waals surface area contributed by atoms with Gasteiger partial charge in [0.25, 0.3) is 0 Å². The number of benzene rings is 1. The van der Waals surface area contributed by atoms with Crippen LogP contribution in [0.1, 0.15) is 49.4 Å². The van der Waals surface area contributed by atoms with Crippen LogP contribution in [0.3, 0.4) is 0 Å². The summed E-state index contributed by atoms with van der Waals surface area (Å²) in [7, 11) is 1.67. The molecule has 162 valence electrons. The molecule has 0 bridgehead atoms. The first kappa shape index (κ1) is 25.6. The van der Waals surface area contributed by atoms with Crippen molar-refractivity contribution >= 4 is 41.3 Å². The summed E-state index contributed by atoms with van der Waals surface area (Å²) < 4.78 is 10.6. The molecule has 0 aliphatic rings. The number of nitrogens with zero attached hydrogens (tertiary/aromatic N) is 2. The van der Waals surface area contributed by atoms with Crippen LogP contribution in [0, 0.1) is 0 Å². The number of aromatic nitrogens is 1. The lowest BCUT2D eigenvalue weighted by molar-refractivity contribution is 0.145. The lowest BCUT2D eigenvalue weighted by Crippen LogP contribution is -2.38. The Morgan fingerprint density at radius 1 is 1.21 bits per heavy atom. The highest BCUT2D eigenvalue weighted by atomic mass is 127. The maximum absolute atomic E-state index is 5.40. The molecule has 0 unspecified atom stereocenters. The predicted molar refractivity (Wildman–Crippen MR) is 132 cm³/mol. The van der Waals surface area contributed by atoms with Gasteiger partial charge in [-0.1, -0.05) is 26.0 Å². The molecule has 29 heavy (non-hydrogen) atoms. The third-order valence-electron chi connectivity index (χ3n) is 4.04. The molecule has 1 heterocycles. The fourth-order valence-corrected chi connectivity index (χ4v) is 3.28. The van der Waals surface area contributed by atoms with Crippen LogP contribution in [0.15, 0.2) is 34.6 Å². The van der Waals surface area contributed by atoms with Gasteiger partial charge in [0.05, 0.1) is 30.9 Å². The molecule has 2 rings (SSSR count). The molecule has 0 radical (unpaired) electrons. The highest BCUT2D eigenvalue weighted by molar-refractivity contribution is 14.0. The van der Waals surface area contributed by atoms with Crippen molar-refractivity contribution in [3.05, 3.63) is 45.9 Å². The van der Waals surface area contributed by atoms with E-state index in [1.54, 1.807) is 18.4 Å². The Kier molecular flexibility index (Phi) is 12.9. The van der Waals surface area contributed by atoms with Gasteiger partial charge in [-0.25, -0.2) is 9.98 Å². The summed E-state index contributed by atoms with van der Waals surface area (Å²) in [6.07, 6.45) is 0.936. The topological polar surface area (TPSA) is 67.8 Å². The van der Waals surface area contributed by atoms with E-state index in [1.165, 1.54) is 0 Å². The number of hydrogen-bond acceptors (Lipinski definition) is 5. The normalized spacial score (nSPS) is 11.3. The van der Waals surface area contributed by atoms with Gasteiger partial charge in [0, 0.05) is 31.1 Å². The Morgan fingerprint density at radius 3 is 2.59 bits per heavy atom. The van der Waals surface area contributed by atoms with Crippen molar-refractivity contribution in [3.63, 3.8) is 0 Å². The second-order valence-electron chi connectivity index (χ2n) is 6.68. The number of rotatable bonds is 11. The summed E-state index contributed by atoms with van der Waals surface area (Å²) in [6.45, 7) is 9.90. The number of methoxy groups -OCH3 is 1. The average molecular weight is 532 g/mol. The minimum Gasteiger partial charge on any atom is -0.497 e. The van der Waals surface area contributed by atoms with Crippen molar-refractivity contribution in [2.24, 2.45) is 4.99 Å². The molecule has 0 saturated carbocycles. The first-order valence-electron chi connectivity index (χ1n) is 9.79. The van der Waals surface area contributed by atoms with Crippen molar-refractivity contribution in [1.82, 2.24) is 15.6 Å². The molecule has 8 heteroatoms. The zero-order valence-electron chi connectivity index (χ0n) is 17.7. The molecule has 6 nitrogen and oxygen atoms in total. The zero-order chi connectivity index (χ0) is 20.2. The smallest absolute Gasteiger partial charge is 0.191 e. The van der Waals surface area contributed by atoms with Crippen molar-refractivity contribution < 1.29 is 9.47 Å². The number of guanidine groups is 1. The molecule has 0 aliphatic carbocycles. The largest absolute Gasteiger partial charge is 0.497 e. The Bertz CT molecular complexity index is 720. The van der Waals surface area contributed by atoms with Crippen molar-refractivity contribution in [1.29, 1.82) is 0 Å². The molecule has 0 spiro atoms. The lowest BCUT2D eigenvalue weighted by Gasteiger charge is -2.12. The first-order chi connectivity index (χ1) is 13.6. The van der Waals surface area contributed by atoms with Crippen molar-refractivity contribution in [2.45, 2.75) is 46.2 Å². The van der Waals surface area contributed by atoms with Crippen LogP contribution in [0.2, 0.25) is 0 Å². The third-order valence-corrected chi connectivity index (χ3v) is 5.24. The minimum absolute atomic E-state index is 0. The van der Waals surface area contributed by atoms with Gasteiger partial charge in [0.1, 0.15) is 5.75 Å². The zero-order valence-corrected chi connectivity index (χ0v) is 20.9. The van der Waals surface area contributed by atoms with Gasteiger partial charge in [-0.2, -0.15) is 0 Å². The summed E-state index contributed by atoms with van der Waals surface area (Å²) in [6, 6.07) is 7.97. The second kappa shape index (κ2) is 14.6. The molecule has 0 amide bonds. The number of halogens is 1. The molecule has 1 aromatic carbocycles. The number of ether oxygens (including phenoxy) is 2. The molecule has 0 saturated heterocycles. The Balaban J connectivity index is 0.00000420. The van der Waals surface area contributed by atoms with Crippen molar-refractivity contribution in [2.75, 3.05) is 26.9 Å². The summed E-state index contributed by atoms with van der Waals surface area (Å²) in [5.41, 5.74) is 2.17. The average Bonchev–Trinajstić information content (AvgIpc) is 3.19. The van der Waals surface area contributed by atoms with E-state index < -0.39 is 0 Å². The van der Waals surface area contributed by atoms with Gasteiger partial charge in [0.2, 0.25) is 0 Å². The highest BCUT2D eigenvalue weighted by Crippen LogP contribution is 2.19. The molecule has 0 atom stereocenters. The quantitative estimate of drug-likeness (QED) is 0.192. The number of hydrogen-bond donors (Lipinski definition) is 2. The van der Waals surface area contributed by atoms with E-state index in [1.807, 2.05) is 31.2 Å². The van der Waals surface area contributed by atoms with Gasteiger partial charge >= 0.3 is 0 Å². The predicted octanol–water partition coefficient (Wildman–Crippen LogP) is 4.56. The summed E-state index contributed by atoms with van der Waals surface area (Å²) in [4.78, 5) is 9.39. The fourth-order valence-electron chi connectivity index (χ4n) is 2.44. The summed E-state index contributed by atoms with van der Waals surface area (Å²) >= 11 is 1.71. The van der Waals surface area contributed by atoms with Crippen LogP contribution in [-0.4, -0.2) is 37.8 Å². The fraction of sp³-hybridized carbons (Fsp3) is 0.524. The van der Waals surface area contributed by atoms with Crippen LogP contribution >= 0.6 is 35.3 Å². The van der Waals surface area contributed by atoms with Crippen LogP contribution < -0.4 is 15.4 Å². The van der Waals surface area contributed by atoms with E-state index in [9.17, 15) is 0 Å². The van der Waals surface area contributed by atoms with Gasteiger partial charge in [-0.05, 0) is 31.0 Å². The molecule has 2 aromatic rings. The summed E-state index contributed by atoms with van der Waals surface area (Å²) in [5, 5.41) is 10.0. The monoisotopic (exact) mass is 532 g/mol. The van der Waals surface area contributed by atoms with Gasteiger partial charge < -0.3 is 20.1 Å². The Labute approximate surface area is 195 Å². The van der Waals surface area contributed by atoms with Gasteiger partial charge in [-0.15, -0.1) is 35.3 Å². The maximum Gasteiger partial charge on any atom is 0.191 e. The van der Waals surface area contributed by atoms with E-state index in [2.05, 4.69) is 34.8 Å². The molecular formula is C21H33IN4O2S. The van der Waals surface area contributed by atoms with Crippen LogP contribution in [0.5, 0.6) is 5.75 Å². The maximum atomic E-state index is 5.40. The molecule has 0 aliphatic heterocycles.